The van der Waals surface area contributed by atoms with Gasteiger partial charge in [0.2, 0.25) is 23.6 Å². The van der Waals surface area contributed by atoms with Crippen molar-refractivity contribution in [1.82, 2.24) is 25.5 Å². The van der Waals surface area contributed by atoms with Crippen LogP contribution in [0.1, 0.15) is 56.4 Å². The molecule has 2 aromatic rings. The molecule has 0 unspecified atom stereocenters. The lowest BCUT2D eigenvalue weighted by Crippen LogP contribution is -2.58. The summed E-state index contributed by atoms with van der Waals surface area (Å²) in [7, 11) is 0. The molecule has 10 nitrogen and oxygen atoms in total. The Kier molecular flexibility index (Phi) is 6.99. The highest BCUT2D eigenvalue weighted by Gasteiger charge is 2.45. The van der Waals surface area contributed by atoms with Crippen molar-refractivity contribution in [3.05, 3.63) is 47.5 Å². The molecule has 1 saturated heterocycles. The van der Waals surface area contributed by atoms with Gasteiger partial charge < -0.3 is 20.5 Å². The van der Waals surface area contributed by atoms with Gasteiger partial charge in [-0.1, -0.05) is 38.5 Å². The van der Waals surface area contributed by atoms with Gasteiger partial charge in [0.15, 0.2) is 0 Å². The van der Waals surface area contributed by atoms with Crippen LogP contribution in [0.4, 0.5) is 5.69 Å². The van der Waals surface area contributed by atoms with Gasteiger partial charge in [-0.3, -0.25) is 24.1 Å². The third-order valence-corrected chi connectivity index (χ3v) is 7.93. The Morgan fingerprint density at radius 2 is 2.03 bits per heavy atom. The number of aromatic nitrogens is 2. The molecule has 3 aliphatic heterocycles. The van der Waals surface area contributed by atoms with Gasteiger partial charge in [-0.15, -0.1) is 0 Å². The minimum Gasteiger partial charge on any atom is -0.349 e. The lowest BCUT2D eigenvalue weighted by atomic mass is 9.96. The first kappa shape index (κ1) is 25.0. The van der Waals surface area contributed by atoms with Gasteiger partial charge in [0, 0.05) is 25.6 Å². The van der Waals surface area contributed by atoms with Crippen LogP contribution in [0.3, 0.4) is 0 Å². The van der Waals surface area contributed by atoms with E-state index in [2.05, 4.69) is 20.6 Å². The second-order valence-electron chi connectivity index (χ2n) is 10.3. The standard InChI is InChI=1S/C27H34N6O4/c1-3-16(2)23(32-11-5-8-22(32)34)26(36)31-20-10-9-17-6-4-7-18-12-21(33(24(17)18)27(20)37)25(35)29-14-19-13-28-15-30-19/h4,6-7,13,15-16,20-21,23H,3,5,8-12,14H2,1-2H3,(H,28,30)(H,29,35)(H,31,36)/t16-,20-,21-,23-/m0/s1. The van der Waals surface area contributed by atoms with Gasteiger partial charge in [-0.05, 0) is 36.3 Å². The van der Waals surface area contributed by atoms with Crippen LogP contribution in [0.15, 0.2) is 30.7 Å². The molecule has 1 aromatic heterocycles. The maximum atomic E-state index is 13.9. The van der Waals surface area contributed by atoms with Crippen molar-refractivity contribution in [2.24, 2.45) is 5.92 Å². The monoisotopic (exact) mass is 506 g/mol. The lowest BCUT2D eigenvalue weighted by Gasteiger charge is -2.33. The third kappa shape index (κ3) is 4.72. The lowest BCUT2D eigenvalue weighted by molar-refractivity contribution is -0.140. The molecule has 0 radical (unpaired) electrons. The highest BCUT2D eigenvalue weighted by molar-refractivity contribution is 6.08. The number of aryl methyl sites for hydroxylation is 1. The summed E-state index contributed by atoms with van der Waals surface area (Å²) < 4.78 is 0. The zero-order chi connectivity index (χ0) is 26.1. The molecule has 0 spiro atoms. The highest BCUT2D eigenvalue weighted by Crippen LogP contribution is 2.39. The Labute approximate surface area is 216 Å². The van der Waals surface area contributed by atoms with E-state index in [4.69, 9.17) is 0 Å². The van der Waals surface area contributed by atoms with Crippen molar-refractivity contribution in [1.29, 1.82) is 0 Å². The Morgan fingerprint density at radius 1 is 1.22 bits per heavy atom. The van der Waals surface area contributed by atoms with E-state index in [0.29, 0.717) is 32.2 Å². The van der Waals surface area contributed by atoms with Crippen molar-refractivity contribution in [3.63, 3.8) is 0 Å². The number of likely N-dealkylation sites (tertiary alicyclic amines) is 1. The van der Waals surface area contributed by atoms with Crippen molar-refractivity contribution in [2.45, 2.75) is 77.0 Å². The van der Waals surface area contributed by atoms with E-state index in [9.17, 15) is 19.2 Å². The third-order valence-electron chi connectivity index (χ3n) is 7.93. The number of aromatic amines is 1. The molecule has 0 bridgehead atoms. The molecule has 0 saturated carbocycles. The summed E-state index contributed by atoms with van der Waals surface area (Å²) in [5.74, 6) is -0.891. The van der Waals surface area contributed by atoms with E-state index >= 15 is 0 Å². The largest absolute Gasteiger partial charge is 0.349 e. The number of hydrogen-bond acceptors (Lipinski definition) is 5. The van der Waals surface area contributed by atoms with Gasteiger partial charge >= 0.3 is 0 Å². The molecule has 196 valence electrons. The summed E-state index contributed by atoms with van der Waals surface area (Å²) in [6, 6.07) is 3.81. The molecule has 4 atom stereocenters. The fraction of sp³-hybridized carbons (Fsp3) is 0.519. The van der Waals surface area contributed by atoms with Crippen molar-refractivity contribution in [2.75, 3.05) is 11.4 Å². The summed E-state index contributed by atoms with van der Waals surface area (Å²) in [6.45, 7) is 4.80. The van der Waals surface area contributed by atoms with E-state index in [-0.39, 0.29) is 36.1 Å². The number of carbonyl (C=O) groups excluding carboxylic acids is 4. The molecule has 1 aromatic carbocycles. The smallest absolute Gasteiger partial charge is 0.250 e. The molecule has 5 rings (SSSR count). The average molecular weight is 507 g/mol. The number of nitrogens with zero attached hydrogens (tertiary/aromatic N) is 3. The van der Waals surface area contributed by atoms with Crippen LogP contribution < -0.4 is 15.5 Å². The fourth-order valence-electron chi connectivity index (χ4n) is 5.81. The molecule has 0 aliphatic carbocycles. The maximum Gasteiger partial charge on any atom is 0.250 e. The SMILES string of the molecule is CC[C@H](C)[C@@H](C(=O)N[C@H]1CCc2cccc3c2N(C1=O)[C@H](C(=O)NCc1cnc[nH]1)C3)N1CCCC1=O. The number of imidazole rings is 1. The summed E-state index contributed by atoms with van der Waals surface area (Å²) in [4.78, 5) is 63.5. The quantitative estimate of drug-likeness (QED) is 0.499. The van der Waals surface area contributed by atoms with E-state index in [1.807, 2.05) is 32.0 Å². The van der Waals surface area contributed by atoms with Crippen molar-refractivity contribution < 1.29 is 19.2 Å². The summed E-state index contributed by atoms with van der Waals surface area (Å²) in [6.07, 6.45) is 6.57. The first-order chi connectivity index (χ1) is 17.9. The number of para-hydroxylation sites is 1. The number of rotatable bonds is 8. The first-order valence-corrected chi connectivity index (χ1v) is 13.2. The zero-order valence-electron chi connectivity index (χ0n) is 21.3. The number of carbonyl (C=O) groups is 4. The summed E-state index contributed by atoms with van der Waals surface area (Å²) in [5, 5.41) is 5.90. The van der Waals surface area contributed by atoms with Crippen molar-refractivity contribution in [3.8, 4) is 0 Å². The molecule has 4 heterocycles. The molecule has 3 aliphatic rings. The minimum absolute atomic E-state index is 0.0155. The van der Waals surface area contributed by atoms with Crippen LogP contribution >= 0.6 is 0 Å². The van der Waals surface area contributed by atoms with Crippen LogP contribution in [-0.2, 0) is 38.6 Å². The molecular weight excluding hydrogens is 472 g/mol. The topological polar surface area (TPSA) is 128 Å². The maximum absolute atomic E-state index is 13.9. The van der Waals surface area contributed by atoms with E-state index in [1.165, 1.54) is 0 Å². The minimum atomic E-state index is -0.780. The number of hydrogen-bond donors (Lipinski definition) is 3. The second kappa shape index (κ2) is 10.4. The van der Waals surface area contributed by atoms with Crippen LogP contribution in [0, 0.1) is 5.92 Å². The Balaban J connectivity index is 1.38. The number of amides is 4. The molecule has 3 N–H and O–H groups in total. The predicted octanol–water partition coefficient (Wildman–Crippen LogP) is 1.45. The first-order valence-electron chi connectivity index (χ1n) is 13.2. The van der Waals surface area contributed by atoms with Crippen LogP contribution in [0.2, 0.25) is 0 Å². The Morgan fingerprint density at radius 3 is 2.73 bits per heavy atom. The van der Waals surface area contributed by atoms with E-state index in [1.54, 1.807) is 22.3 Å². The summed E-state index contributed by atoms with van der Waals surface area (Å²) >= 11 is 0. The van der Waals surface area contributed by atoms with E-state index < -0.39 is 18.1 Å². The van der Waals surface area contributed by atoms with Crippen LogP contribution in [0.25, 0.3) is 0 Å². The van der Waals surface area contributed by atoms with Gasteiger partial charge in [-0.2, -0.15) is 0 Å². The Hall–Kier alpha value is -3.69. The predicted molar refractivity (Wildman–Crippen MR) is 136 cm³/mol. The highest BCUT2D eigenvalue weighted by atomic mass is 16.2. The van der Waals surface area contributed by atoms with Gasteiger partial charge in [0.05, 0.1) is 24.3 Å². The zero-order valence-corrected chi connectivity index (χ0v) is 21.3. The Bertz CT molecular complexity index is 1200. The van der Waals surface area contributed by atoms with Crippen LogP contribution in [-0.4, -0.2) is 63.2 Å². The number of anilines is 1. The number of nitrogens with one attached hydrogen (secondary N) is 3. The molecule has 1 fully saturated rings. The fourth-order valence-corrected chi connectivity index (χ4v) is 5.81. The molecule has 4 amide bonds. The number of H-pyrrole nitrogens is 1. The molecule has 37 heavy (non-hydrogen) atoms. The summed E-state index contributed by atoms with van der Waals surface area (Å²) in [5.41, 5.74) is 3.52. The van der Waals surface area contributed by atoms with Gasteiger partial charge in [-0.25, -0.2) is 4.98 Å². The number of benzene rings is 1. The molecule has 10 heteroatoms. The van der Waals surface area contributed by atoms with E-state index in [0.717, 1.165) is 35.3 Å². The van der Waals surface area contributed by atoms with Gasteiger partial charge in [0.1, 0.15) is 18.1 Å². The second-order valence-corrected chi connectivity index (χ2v) is 10.3. The average Bonchev–Trinajstić information content (AvgIpc) is 3.63. The molecular formula is C27H34N6O4. The van der Waals surface area contributed by atoms with Gasteiger partial charge in [0.25, 0.3) is 0 Å². The normalized spacial score (nSPS) is 22.4. The van der Waals surface area contributed by atoms with Crippen molar-refractivity contribution >= 4 is 29.3 Å². The van der Waals surface area contributed by atoms with Crippen LogP contribution in [0.5, 0.6) is 0 Å².